The average molecular weight is 312 g/mol. The molecule has 1 aromatic rings. The fourth-order valence-corrected chi connectivity index (χ4v) is 3.30. The van der Waals surface area contributed by atoms with Crippen LogP contribution in [0, 0.1) is 0 Å². The maximum Gasteiger partial charge on any atom is 0.309 e. The Morgan fingerprint density at radius 2 is 1.33 bits per heavy atom. The van der Waals surface area contributed by atoms with Crippen LogP contribution in [-0.4, -0.2) is 14.2 Å². The molecule has 0 N–H and O–H groups in total. The number of benzene rings is 1. The van der Waals surface area contributed by atoms with Crippen molar-refractivity contribution in [3.63, 3.8) is 0 Å². The van der Waals surface area contributed by atoms with Gasteiger partial charge in [0, 0.05) is 0 Å². The summed E-state index contributed by atoms with van der Waals surface area (Å²) in [6.07, 6.45) is 10.5. The smallest absolute Gasteiger partial charge is 0.309 e. The molecule has 0 saturated carbocycles. The van der Waals surface area contributed by atoms with Gasteiger partial charge in [0.2, 0.25) is 0 Å². The second-order valence-corrected chi connectivity index (χ2v) is 7.18. The van der Waals surface area contributed by atoms with Crippen LogP contribution in [0.5, 0.6) is 5.75 Å². The predicted octanol–water partition coefficient (Wildman–Crippen LogP) is 4.93. The van der Waals surface area contributed by atoms with Crippen LogP contribution in [0.1, 0.15) is 64.7 Å². The standard InChI is InChI=1S/C17H28O3S/c1-2-3-4-5-6-7-8-9-13-16-21(18,19)20-17-14-11-10-12-15-17/h10-12,14-15H,2-9,13,16H2,1H3. The number of hydrogen-bond donors (Lipinski definition) is 0. The SMILES string of the molecule is CCCCCCCCCCCS(=O)(=O)Oc1ccccc1. The molecule has 0 unspecified atom stereocenters. The van der Waals surface area contributed by atoms with Gasteiger partial charge in [0.1, 0.15) is 5.75 Å². The number of para-hydroxylation sites is 1. The highest BCUT2D eigenvalue weighted by Gasteiger charge is 2.11. The molecule has 0 aliphatic rings. The molecule has 0 atom stereocenters. The third-order valence-electron chi connectivity index (χ3n) is 3.46. The molecule has 0 aliphatic heterocycles. The van der Waals surface area contributed by atoms with Crippen molar-refractivity contribution < 1.29 is 12.6 Å². The maximum absolute atomic E-state index is 11.8. The first-order chi connectivity index (χ1) is 10.1. The summed E-state index contributed by atoms with van der Waals surface area (Å²) in [5.41, 5.74) is 0. The van der Waals surface area contributed by atoms with Crippen LogP contribution in [0.2, 0.25) is 0 Å². The van der Waals surface area contributed by atoms with E-state index in [-0.39, 0.29) is 5.75 Å². The van der Waals surface area contributed by atoms with Crippen molar-refractivity contribution in [1.29, 1.82) is 0 Å². The van der Waals surface area contributed by atoms with Crippen molar-refractivity contribution in [1.82, 2.24) is 0 Å². The lowest BCUT2D eigenvalue weighted by molar-refractivity contribution is 0.481. The van der Waals surface area contributed by atoms with Gasteiger partial charge in [0.15, 0.2) is 0 Å². The summed E-state index contributed by atoms with van der Waals surface area (Å²) in [4.78, 5) is 0. The summed E-state index contributed by atoms with van der Waals surface area (Å²) in [7, 11) is -3.44. The third-order valence-corrected chi connectivity index (χ3v) is 4.70. The first-order valence-electron chi connectivity index (χ1n) is 8.11. The Morgan fingerprint density at radius 1 is 0.810 bits per heavy atom. The number of hydrogen-bond acceptors (Lipinski definition) is 3. The van der Waals surface area contributed by atoms with E-state index >= 15 is 0 Å². The Morgan fingerprint density at radius 3 is 1.90 bits per heavy atom. The zero-order valence-electron chi connectivity index (χ0n) is 13.1. The average Bonchev–Trinajstić information content (AvgIpc) is 2.46. The van der Waals surface area contributed by atoms with Gasteiger partial charge < -0.3 is 4.18 Å². The van der Waals surface area contributed by atoms with Crippen LogP contribution in [-0.2, 0) is 10.1 Å². The van der Waals surface area contributed by atoms with Crippen LogP contribution < -0.4 is 4.18 Å². The van der Waals surface area contributed by atoms with Gasteiger partial charge in [0.25, 0.3) is 0 Å². The van der Waals surface area contributed by atoms with Crippen molar-refractivity contribution >= 4 is 10.1 Å². The molecule has 0 radical (unpaired) electrons. The Hall–Kier alpha value is -1.03. The number of unbranched alkanes of at least 4 members (excludes halogenated alkanes) is 8. The molecule has 0 spiro atoms. The zero-order chi connectivity index (χ0) is 15.4. The Balaban J connectivity index is 2.06. The van der Waals surface area contributed by atoms with E-state index in [1.54, 1.807) is 24.3 Å². The lowest BCUT2D eigenvalue weighted by Crippen LogP contribution is -2.13. The fourth-order valence-electron chi connectivity index (χ4n) is 2.25. The molecule has 0 amide bonds. The van der Waals surface area contributed by atoms with Gasteiger partial charge in [-0.2, -0.15) is 8.42 Å². The second-order valence-electron chi connectivity index (χ2n) is 5.49. The van der Waals surface area contributed by atoms with Crippen molar-refractivity contribution in [2.45, 2.75) is 64.7 Å². The summed E-state index contributed by atoms with van der Waals surface area (Å²) >= 11 is 0. The van der Waals surface area contributed by atoms with Crippen LogP contribution in [0.4, 0.5) is 0 Å². The lowest BCUT2D eigenvalue weighted by atomic mass is 10.1. The van der Waals surface area contributed by atoms with Gasteiger partial charge in [-0.05, 0) is 18.6 Å². The van der Waals surface area contributed by atoms with Gasteiger partial charge >= 0.3 is 10.1 Å². The van der Waals surface area contributed by atoms with Crippen molar-refractivity contribution in [2.24, 2.45) is 0 Å². The molecular formula is C17H28O3S. The summed E-state index contributed by atoms with van der Waals surface area (Å²) in [5.74, 6) is 0.506. The predicted molar refractivity (Wildman–Crippen MR) is 88.1 cm³/mol. The third kappa shape index (κ3) is 9.51. The molecule has 0 bridgehead atoms. The summed E-state index contributed by atoms with van der Waals surface area (Å²) < 4.78 is 28.6. The van der Waals surface area contributed by atoms with Gasteiger partial charge in [-0.1, -0.05) is 76.5 Å². The molecule has 0 aromatic heterocycles. The molecule has 120 valence electrons. The molecule has 0 saturated heterocycles. The van der Waals surface area contributed by atoms with Crippen molar-refractivity contribution in [3.8, 4) is 5.75 Å². The first-order valence-corrected chi connectivity index (χ1v) is 9.69. The van der Waals surface area contributed by atoms with Crippen LogP contribution >= 0.6 is 0 Å². The number of rotatable bonds is 12. The quantitative estimate of drug-likeness (QED) is 0.406. The minimum atomic E-state index is -3.44. The lowest BCUT2D eigenvalue weighted by Gasteiger charge is -2.06. The Kier molecular flexibility index (Phi) is 9.15. The maximum atomic E-state index is 11.8. The molecule has 0 aliphatic carbocycles. The van der Waals surface area contributed by atoms with Gasteiger partial charge in [-0.15, -0.1) is 0 Å². The summed E-state index contributed by atoms with van der Waals surface area (Å²) in [6.45, 7) is 2.22. The second kappa shape index (κ2) is 10.7. The molecular weight excluding hydrogens is 284 g/mol. The molecule has 0 fully saturated rings. The van der Waals surface area contributed by atoms with Gasteiger partial charge in [-0.25, -0.2) is 0 Å². The minimum absolute atomic E-state index is 0.109. The van der Waals surface area contributed by atoms with Crippen molar-refractivity contribution in [3.05, 3.63) is 30.3 Å². The van der Waals surface area contributed by atoms with Crippen LogP contribution in [0.3, 0.4) is 0 Å². The van der Waals surface area contributed by atoms with E-state index in [4.69, 9.17) is 4.18 Å². The van der Waals surface area contributed by atoms with E-state index in [2.05, 4.69) is 6.92 Å². The normalized spacial score (nSPS) is 11.5. The molecule has 0 heterocycles. The molecule has 4 heteroatoms. The van der Waals surface area contributed by atoms with E-state index in [9.17, 15) is 8.42 Å². The van der Waals surface area contributed by atoms with E-state index in [0.29, 0.717) is 12.2 Å². The molecule has 3 nitrogen and oxygen atoms in total. The minimum Gasteiger partial charge on any atom is -0.382 e. The van der Waals surface area contributed by atoms with E-state index in [1.807, 2.05) is 6.07 Å². The topological polar surface area (TPSA) is 43.4 Å². The van der Waals surface area contributed by atoms with E-state index in [0.717, 1.165) is 12.8 Å². The molecule has 1 aromatic carbocycles. The molecule has 1 rings (SSSR count). The van der Waals surface area contributed by atoms with Gasteiger partial charge in [-0.3, -0.25) is 0 Å². The van der Waals surface area contributed by atoms with E-state index < -0.39 is 10.1 Å². The summed E-state index contributed by atoms with van der Waals surface area (Å²) in [5, 5.41) is 0. The summed E-state index contributed by atoms with van der Waals surface area (Å²) in [6, 6.07) is 8.69. The first kappa shape index (κ1) is 18.0. The zero-order valence-corrected chi connectivity index (χ0v) is 13.9. The van der Waals surface area contributed by atoms with E-state index in [1.165, 1.54) is 38.5 Å². The van der Waals surface area contributed by atoms with Crippen LogP contribution in [0.15, 0.2) is 30.3 Å². The Labute approximate surface area is 129 Å². The van der Waals surface area contributed by atoms with Gasteiger partial charge in [0.05, 0.1) is 5.75 Å². The highest BCUT2D eigenvalue weighted by molar-refractivity contribution is 7.87. The Bertz CT molecular complexity index is 454. The highest BCUT2D eigenvalue weighted by Crippen LogP contribution is 2.14. The highest BCUT2D eigenvalue weighted by atomic mass is 32.2. The molecule has 21 heavy (non-hydrogen) atoms. The fraction of sp³-hybridized carbons (Fsp3) is 0.647. The van der Waals surface area contributed by atoms with Crippen molar-refractivity contribution in [2.75, 3.05) is 5.75 Å². The largest absolute Gasteiger partial charge is 0.382 e. The van der Waals surface area contributed by atoms with Crippen LogP contribution in [0.25, 0.3) is 0 Å². The monoisotopic (exact) mass is 312 g/mol.